The fraction of sp³-hybridized carbons (Fsp3) is 0.833. The SMILES string of the molecule is COC(C)(C)CCSCCC(NC(C)=O)C(=O)O. The average Bonchev–Trinajstić information content (AvgIpc) is 2.26. The van der Waals surface area contributed by atoms with Gasteiger partial charge in [0.15, 0.2) is 0 Å². The van der Waals surface area contributed by atoms with E-state index in [1.54, 1.807) is 18.9 Å². The van der Waals surface area contributed by atoms with Gasteiger partial charge in [0.05, 0.1) is 5.60 Å². The standard InChI is InChI=1S/C12H23NO4S/c1-9(14)13-10(11(15)16)5-7-18-8-6-12(2,3)17-4/h10H,5-8H2,1-4H3,(H,13,14)(H,15,16). The summed E-state index contributed by atoms with van der Waals surface area (Å²) in [5.41, 5.74) is -0.142. The van der Waals surface area contributed by atoms with Crippen molar-refractivity contribution in [1.29, 1.82) is 0 Å². The second kappa shape index (κ2) is 8.37. The van der Waals surface area contributed by atoms with Gasteiger partial charge in [-0.2, -0.15) is 11.8 Å². The first-order chi connectivity index (χ1) is 8.28. The lowest BCUT2D eigenvalue weighted by Crippen LogP contribution is -2.39. The molecule has 0 aliphatic rings. The maximum absolute atomic E-state index is 10.9. The van der Waals surface area contributed by atoms with E-state index in [0.717, 1.165) is 12.2 Å². The second-order valence-corrected chi connectivity index (χ2v) is 5.93. The van der Waals surface area contributed by atoms with Gasteiger partial charge in [0.2, 0.25) is 5.91 Å². The third-order valence-electron chi connectivity index (χ3n) is 2.63. The highest BCUT2D eigenvalue weighted by molar-refractivity contribution is 7.99. The van der Waals surface area contributed by atoms with E-state index in [9.17, 15) is 9.59 Å². The van der Waals surface area contributed by atoms with Crippen LogP contribution in [0.2, 0.25) is 0 Å². The molecule has 0 aromatic rings. The first-order valence-electron chi connectivity index (χ1n) is 5.91. The van der Waals surface area contributed by atoms with Gasteiger partial charge in [0.25, 0.3) is 0 Å². The lowest BCUT2D eigenvalue weighted by atomic mass is 10.1. The summed E-state index contributed by atoms with van der Waals surface area (Å²) in [6, 6.07) is -0.787. The Morgan fingerprint density at radius 1 is 1.39 bits per heavy atom. The van der Waals surface area contributed by atoms with Gasteiger partial charge in [-0.25, -0.2) is 4.79 Å². The molecule has 1 unspecified atom stereocenters. The summed E-state index contributed by atoms with van der Waals surface area (Å²) < 4.78 is 5.29. The average molecular weight is 277 g/mol. The normalized spacial score (nSPS) is 13.1. The molecule has 0 bridgehead atoms. The number of carbonyl (C=O) groups is 2. The Morgan fingerprint density at radius 2 is 2.00 bits per heavy atom. The fourth-order valence-electron chi connectivity index (χ4n) is 1.23. The molecule has 106 valence electrons. The van der Waals surface area contributed by atoms with Gasteiger partial charge >= 0.3 is 5.97 Å². The zero-order valence-corrected chi connectivity index (χ0v) is 12.3. The molecule has 0 saturated heterocycles. The summed E-state index contributed by atoms with van der Waals surface area (Å²) in [6.45, 7) is 5.36. The van der Waals surface area contributed by atoms with Crippen molar-refractivity contribution in [3.05, 3.63) is 0 Å². The Kier molecular flexibility index (Phi) is 8.02. The van der Waals surface area contributed by atoms with Gasteiger partial charge in [-0.3, -0.25) is 4.79 Å². The first kappa shape index (κ1) is 17.2. The highest BCUT2D eigenvalue weighted by Crippen LogP contribution is 2.17. The third-order valence-corrected chi connectivity index (χ3v) is 3.64. The Morgan fingerprint density at radius 3 is 2.44 bits per heavy atom. The number of amides is 1. The van der Waals surface area contributed by atoms with Gasteiger partial charge in [-0.05, 0) is 38.2 Å². The van der Waals surface area contributed by atoms with Crippen LogP contribution in [-0.4, -0.2) is 47.2 Å². The van der Waals surface area contributed by atoms with E-state index >= 15 is 0 Å². The number of carboxylic acids is 1. The summed E-state index contributed by atoms with van der Waals surface area (Å²) >= 11 is 1.67. The molecule has 0 aliphatic heterocycles. The van der Waals surface area contributed by atoms with E-state index in [1.807, 2.05) is 13.8 Å². The summed E-state index contributed by atoms with van der Waals surface area (Å²) in [4.78, 5) is 21.7. The van der Waals surface area contributed by atoms with Gasteiger partial charge in [-0.1, -0.05) is 0 Å². The molecule has 0 rings (SSSR count). The number of ether oxygens (including phenoxy) is 1. The second-order valence-electron chi connectivity index (χ2n) is 4.71. The van der Waals surface area contributed by atoms with E-state index in [0.29, 0.717) is 12.2 Å². The van der Waals surface area contributed by atoms with Crippen LogP contribution in [0, 0.1) is 0 Å². The topological polar surface area (TPSA) is 75.6 Å². The predicted molar refractivity (Wildman–Crippen MR) is 72.9 cm³/mol. The zero-order valence-electron chi connectivity index (χ0n) is 11.5. The molecule has 0 aromatic carbocycles. The Hall–Kier alpha value is -0.750. The maximum atomic E-state index is 10.9. The number of hydrogen-bond donors (Lipinski definition) is 2. The number of hydrogen-bond acceptors (Lipinski definition) is 4. The predicted octanol–water partition coefficient (Wildman–Crippen LogP) is 1.51. The van der Waals surface area contributed by atoms with Crippen LogP contribution in [0.15, 0.2) is 0 Å². The van der Waals surface area contributed by atoms with Crippen molar-refractivity contribution in [1.82, 2.24) is 5.32 Å². The molecule has 0 aromatic heterocycles. The van der Waals surface area contributed by atoms with Crippen LogP contribution in [0.1, 0.15) is 33.6 Å². The minimum absolute atomic E-state index is 0.142. The number of thioether (sulfide) groups is 1. The highest BCUT2D eigenvalue weighted by atomic mass is 32.2. The number of carboxylic acid groups (broad SMARTS) is 1. The molecular formula is C12H23NO4S. The van der Waals surface area contributed by atoms with E-state index < -0.39 is 12.0 Å². The van der Waals surface area contributed by atoms with Crippen molar-refractivity contribution < 1.29 is 19.4 Å². The van der Waals surface area contributed by atoms with Crippen LogP contribution in [0.4, 0.5) is 0 Å². The number of aliphatic carboxylic acids is 1. The Balaban J connectivity index is 3.81. The van der Waals surface area contributed by atoms with Crippen molar-refractivity contribution in [2.24, 2.45) is 0 Å². The molecule has 5 nitrogen and oxygen atoms in total. The molecule has 0 aliphatic carbocycles. The van der Waals surface area contributed by atoms with E-state index in [-0.39, 0.29) is 11.5 Å². The molecule has 2 N–H and O–H groups in total. The van der Waals surface area contributed by atoms with Gasteiger partial charge in [0.1, 0.15) is 6.04 Å². The molecule has 0 fully saturated rings. The van der Waals surface area contributed by atoms with E-state index in [2.05, 4.69) is 5.32 Å². The van der Waals surface area contributed by atoms with Crippen molar-refractivity contribution in [2.75, 3.05) is 18.6 Å². The molecular weight excluding hydrogens is 254 g/mol. The number of nitrogens with one attached hydrogen (secondary N) is 1. The quantitative estimate of drug-likeness (QED) is 0.625. The lowest BCUT2D eigenvalue weighted by Gasteiger charge is -2.22. The molecule has 18 heavy (non-hydrogen) atoms. The smallest absolute Gasteiger partial charge is 0.326 e. The first-order valence-corrected chi connectivity index (χ1v) is 7.07. The minimum atomic E-state index is -0.983. The summed E-state index contributed by atoms with van der Waals surface area (Å²) in [5.74, 6) is 0.320. The largest absolute Gasteiger partial charge is 0.480 e. The van der Waals surface area contributed by atoms with E-state index in [4.69, 9.17) is 9.84 Å². The molecule has 1 atom stereocenters. The molecule has 0 saturated carbocycles. The molecule has 0 spiro atoms. The van der Waals surface area contributed by atoms with Crippen LogP contribution in [-0.2, 0) is 14.3 Å². The Labute approximate surface area is 113 Å². The van der Waals surface area contributed by atoms with Crippen LogP contribution < -0.4 is 5.32 Å². The highest BCUT2D eigenvalue weighted by Gasteiger charge is 2.18. The van der Waals surface area contributed by atoms with Crippen LogP contribution >= 0.6 is 11.8 Å². The zero-order chi connectivity index (χ0) is 14.2. The maximum Gasteiger partial charge on any atom is 0.326 e. The van der Waals surface area contributed by atoms with Gasteiger partial charge < -0.3 is 15.2 Å². The number of rotatable bonds is 9. The Bertz CT molecular complexity index is 281. The molecule has 6 heteroatoms. The van der Waals surface area contributed by atoms with Crippen LogP contribution in [0.25, 0.3) is 0 Å². The lowest BCUT2D eigenvalue weighted by molar-refractivity contribution is -0.141. The van der Waals surface area contributed by atoms with Crippen LogP contribution in [0.5, 0.6) is 0 Å². The van der Waals surface area contributed by atoms with Gasteiger partial charge in [-0.15, -0.1) is 0 Å². The fourth-order valence-corrected chi connectivity index (χ4v) is 2.47. The molecule has 0 heterocycles. The molecule has 0 radical (unpaired) electrons. The van der Waals surface area contributed by atoms with Crippen molar-refractivity contribution in [3.63, 3.8) is 0 Å². The molecule has 1 amide bonds. The van der Waals surface area contributed by atoms with Crippen molar-refractivity contribution in [3.8, 4) is 0 Å². The number of carbonyl (C=O) groups excluding carboxylic acids is 1. The van der Waals surface area contributed by atoms with Crippen LogP contribution in [0.3, 0.4) is 0 Å². The summed E-state index contributed by atoms with van der Waals surface area (Å²) in [7, 11) is 1.68. The summed E-state index contributed by atoms with van der Waals surface area (Å²) in [5, 5.41) is 11.3. The minimum Gasteiger partial charge on any atom is -0.480 e. The number of methoxy groups -OCH3 is 1. The van der Waals surface area contributed by atoms with Crippen molar-refractivity contribution in [2.45, 2.75) is 45.3 Å². The van der Waals surface area contributed by atoms with E-state index in [1.165, 1.54) is 6.92 Å². The van der Waals surface area contributed by atoms with Crippen molar-refractivity contribution >= 4 is 23.6 Å². The summed E-state index contributed by atoms with van der Waals surface area (Å²) in [6.07, 6.45) is 1.35. The van der Waals surface area contributed by atoms with Gasteiger partial charge in [0, 0.05) is 14.0 Å². The third kappa shape index (κ3) is 8.36. The monoisotopic (exact) mass is 277 g/mol.